The molecule has 1 aliphatic rings. The minimum atomic E-state index is -0.785. The molecule has 0 bridgehead atoms. The molecule has 0 aromatic heterocycles. The summed E-state index contributed by atoms with van der Waals surface area (Å²) >= 11 is 0. The number of methoxy groups -OCH3 is 2. The smallest absolute Gasteiger partial charge is 0.303 e. The Kier molecular flexibility index (Phi) is 4.95. The van der Waals surface area contributed by atoms with Gasteiger partial charge in [-0.2, -0.15) is 0 Å². The van der Waals surface area contributed by atoms with E-state index in [4.69, 9.17) is 14.6 Å². The highest BCUT2D eigenvalue weighted by Crippen LogP contribution is 2.48. The highest BCUT2D eigenvalue weighted by Gasteiger charge is 2.27. The van der Waals surface area contributed by atoms with Gasteiger partial charge in [0.1, 0.15) is 11.5 Å². The molecule has 4 rings (SSSR count). The summed E-state index contributed by atoms with van der Waals surface area (Å²) in [5.74, 6) is 1.44. The Balaban J connectivity index is 1.89. The van der Waals surface area contributed by atoms with Gasteiger partial charge in [-0.25, -0.2) is 0 Å². The van der Waals surface area contributed by atoms with Gasteiger partial charge in [-0.1, -0.05) is 36.4 Å². The van der Waals surface area contributed by atoms with Crippen LogP contribution in [0.3, 0.4) is 0 Å². The lowest BCUT2D eigenvalue weighted by atomic mass is 9.92. The summed E-state index contributed by atoms with van der Waals surface area (Å²) in [6.07, 6.45) is 3.05. The number of aryl methyl sites for hydroxylation is 1. The zero-order valence-corrected chi connectivity index (χ0v) is 16.2. The van der Waals surface area contributed by atoms with Crippen molar-refractivity contribution in [2.24, 2.45) is 0 Å². The minimum Gasteiger partial charge on any atom is -0.496 e. The van der Waals surface area contributed by atoms with E-state index < -0.39 is 5.97 Å². The zero-order valence-electron chi connectivity index (χ0n) is 16.2. The van der Waals surface area contributed by atoms with Gasteiger partial charge >= 0.3 is 5.97 Å². The van der Waals surface area contributed by atoms with Crippen molar-refractivity contribution in [2.75, 3.05) is 14.2 Å². The Morgan fingerprint density at radius 2 is 1.64 bits per heavy atom. The van der Waals surface area contributed by atoms with E-state index in [9.17, 15) is 4.79 Å². The number of carboxylic acids is 1. The second kappa shape index (κ2) is 7.55. The third kappa shape index (κ3) is 3.42. The zero-order chi connectivity index (χ0) is 19.7. The lowest BCUT2D eigenvalue weighted by molar-refractivity contribution is -0.136. The quantitative estimate of drug-likeness (QED) is 0.598. The third-order valence-electron chi connectivity index (χ3n) is 5.47. The Morgan fingerprint density at radius 1 is 1.00 bits per heavy atom. The van der Waals surface area contributed by atoms with Crippen LogP contribution in [0.5, 0.6) is 11.5 Å². The number of benzene rings is 3. The first-order chi connectivity index (χ1) is 13.6. The summed E-state index contributed by atoms with van der Waals surface area (Å²) < 4.78 is 11.5. The average molecular weight is 376 g/mol. The van der Waals surface area contributed by atoms with Crippen LogP contribution in [0, 0.1) is 0 Å². The van der Waals surface area contributed by atoms with E-state index in [-0.39, 0.29) is 6.42 Å². The first kappa shape index (κ1) is 18.4. The Bertz CT molecular complexity index is 1010. The molecule has 1 saturated carbocycles. The van der Waals surface area contributed by atoms with Crippen LogP contribution in [0.1, 0.15) is 36.3 Å². The first-order valence-electron chi connectivity index (χ1n) is 9.61. The fourth-order valence-corrected chi connectivity index (χ4v) is 3.90. The molecular weight excluding hydrogens is 352 g/mol. The summed E-state index contributed by atoms with van der Waals surface area (Å²) in [5, 5.41) is 11.2. The number of carbonyl (C=O) groups is 1. The van der Waals surface area contributed by atoms with Gasteiger partial charge in [-0.05, 0) is 64.8 Å². The molecule has 0 atom stereocenters. The fraction of sp³-hybridized carbons (Fsp3) is 0.292. The molecule has 1 fully saturated rings. The minimum absolute atomic E-state index is 0.117. The lowest BCUT2D eigenvalue weighted by Gasteiger charge is -2.18. The lowest BCUT2D eigenvalue weighted by Crippen LogP contribution is -1.99. The topological polar surface area (TPSA) is 55.8 Å². The highest BCUT2D eigenvalue weighted by molar-refractivity contribution is 6.01. The molecule has 0 heterocycles. The number of carboxylic acid groups (broad SMARTS) is 1. The predicted octanol–water partition coefficient (Wildman–Crippen LogP) is 5.42. The van der Waals surface area contributed by atoms with Crippen LogP contribution < -0.4 is 9.47 Å². The number of fused-ring (bicyclic) bond motifs is 1. The van der Waals surface area contributed by atoms with Crippen molar-refractivity contribution in [1.82, 2.24) is 0 Å². The van der Waals surface area contributed by atoms with Gasteiger partial charge in [0.05, 0.1) is 19.8 Å². The van der Waals surface area contributed by atoms with Crippen LogP contribution >= 0.6 is 0 Å². The van der Waals surface area contributed by atoms with E-state index in [0.29, 0.717) is 12.3 Å². The summed E-state index contributed by atoms with van der Waals surface area (Å²) in [5.41, 5.74) is 4.27. The number of hydrogen-bond acceptors (Lipinski definition) is 3. The van der Waals surface area contributed by atoms with Crippen molar-refractivity contribution in [2.45, 2.75) is 31.6 Å². The van der Waals surface area contributed by atoms with Gasteiger partial charge in [0, 0.05) is 6.42 Å². The fourth-order valence-electron chi connectivity index (χ4n) is 3.90. The van der Waals surface area contributed by atoms with Crippen LogP contribution in [-0.4, -0.2) is 25.3 Å². The second-order valence-electron chi connectivity index (χ2n) is 7.29. The molecular formula is C24H24O4. The van der Waals surface area contributed by atoms with E-state index in [1.54, 1.807) is 14.2 Å². The molecule has 0 aliphatic heterocycles. The van der Waals surface area contributed by atoms with Gasteiger partial charge < -0.3 is 14.6 Å². The van der Waals surface area contributed by atoms with Crippen molar-refractivity contribution in [1.29, 1.82) is 0 Å². The normalized spacial score (nSPS) is 13.5. The maximum Gasteiger partial charge on any atom is 0.303 e. The molecule has 1 N–H and O–H groups in total. The van der Waals surface area contributed by atoms with Crippen molar-refractivity contribution in [3.63, 3.8) is 0 Å². The molecule has 0 amide bonds. The van der Waals surface area contributed by atoms with E-state index in [1.807, 2.05) is 24.3 Å². The van der Waals surface area contributed by atoms with Crippen molar-refractivity contribution in [3.8, 4) is 22.6 Å². The maximum atomic E-state index is 11.0. The number of rotatable bonds is 7. The molecule has 4 nitrogen and oxygen atoms in total. The van der Waals surface area contributed by atoms with Crippen LogP contribution in [0.4, 0.5) is 0 Å². The Hall–Kier alpha value is -3.01. The molecule has 0 radical (unpaired) electrons. The van der Waals surface area contributed by atoms with Gasteiger partial charge in [0.25, 0.3) is 0 Å². The van der Waals surface area contributed by atoms with Crippen molar-refractivity contribution >= 4 is 16.7 Å². The van der Waals surface area contributed by atoms with Crippen LogP contribution in [0.25, 0.3) is 21.9 Å². The van der Waals surface area contributed by atoms with Crippen LogP contribution in [-0.2, 0) is 11.2 Å². The Morgan fingerprint density at radius 3 is 2.25 bits per heavy atom. The molecule has 28 heavy (non-hydrogen) atoms. The SMILES string of the molecule is COc1cc(C2CC2)cc(OC)c1-c1cccc2c(CCC(=O)O)cccc12. The van der Waals surface area contributed by atoms with Crippen molar-refractivity contribution in [3.05, 3.63) is 59.7 Å². The molecule has 4 heteroatoms. The number of hydrogen-bond donors (Lipinski definition) is 1. The number of aliphatic carboxylic acids is 1. The van der Waals surface area contributed by atoms with Gasteiger partial charge in [-0.15, -0.1) is 0 Å². The molecule has 0 unspecified atom stereocenters. The van der Waals surface area contributed by atoms with Crippen LogP contribution in [0.15, 0.2) is 48.5 Å². The summed E-state index contributed by atoms with van der Waals surface area (Å²) in [7, 11) is 3.39. The molecule has 3 aromatic rings. The largest absolute Gasteiger partial charge is 0.496 e. The summed E-state index contributed by atoms with van der Waals surface area (Å²) in [6, 6.07) is 16.4. The maximum absolute atomic E-state index is 11.0. The first-order valence-corrected chi connectivity index (χ1v) is 9.61. The van der Waals surface area contributed by atoms with E-state index in [1.165, 1.54) is 18.4 Å². The Labute approximate surface area is 164 Å². The van der Waals surface area contributed by atoms with Crippen molar-refractivity contribution < 1.29 is 19.4 Å². The molecule has 144 valence electrons. The van der Waals surface area contributed by atoms with E-state index in [2.05, 4.69) is 24.3 Å². The van der Waals surface area contributed by atoms with Gasteiger partial charge in [0.2, 0.25) is 0 Å². The molecule has 0 saturated heterocycles. The molecule has 0 spiro atoms. The monoisotopic (exact) mass is 376 g/mol. The standard InChI is InChI=1S/C24H24O4/c1-27-21-13-17(15-9-10-15)14-22(28-2)24(21)20-8-4-6-18-16(11-12-23(25)26)5-3-7-19(18)20/h3-8,13-15H,9-12H2,1-2H3,(H,25,26). The van der Waals surface area contributed by atoms with E-state index >= 15 is 0 Å². The van der Waals surface area contributed by atoms with Gasteiger partial charge in [-0.3, -0.25) is 4.79 Å². The van der Waals surface area contributed by atoms with E-state index in [0.717, 1.165) is 39.0 Å². The highest BCUT2D eigenvalue weighted by atomic mass is 16.5. The predicted molar refractivity (Wildman–Crippen MR) is 110 cm³/mol. The van der Waals surface area contributed by atoms with Gasteiger partial charge in [0.15, 0.2) is 0 Å². The summed E-state index contributed by atoms with van der Waals surface area (Å²) in [6.45, 7) is 0. The second-order valence-corrected chi connectivity index (χ2v) is 7.29. The molecule has 3 aromatic carbocycles. The third-order valence-corrected chi connectivity index (χ3v) is 5.47. The average Bonchev–Trinajstić information content (AvgIpc) is 3.56. The summed E-state index contributed by atoms with van der Waals surface area (Å²) in [4.78, 5) is 11.0. The molecule has 1 aliphatic carbocycles. The number of ether oxygens (including phenoxy) is 2. The van der Waals surface area contributed by atoms with Crippen LogP contribution in [0.2, 0.25) is 0 Å².